The van der Waals surface area contributed by atoms with Gasteiger partial charge in [-0.3, -0.25) is 9.59 Å². The van der Waals surface area contributed by atoms with E-state index in [2.05, 4.69) is 0 Å². The Kier molecular flexibility index (Phi) is 5.30. The molecule has 0 saturated heterocycles. The van der Waals surface area contributed by atoms with Crippen molar-refractivity contribution >= 4 is 11.7 Å². The van der Waals surface area contributed by atoms with Crippen molar-refractivity contribution in [1.29, 1.82) is 0 Å². The first-order valence-corrected chi connectivity index (χ1v) is 4.52. The van der Waals surface area contributed by atoms with Crippen molar-refractivity contribution in [2.75, 3.05) is 13.1 Å². The van der Waals surface area contributed by atoms with Gasteiger partial charge in [-0.15, -0.1) is 0 Å². The Morgan fingerprint density at radius 2 is 2.00 bits per heavy atom. The van der Waals surface area contributed by atoms with E-state index in [-0.39, 0.29) is 18.2 Å². The first-order valence-electron chi connectivity index (χ1n) is 4.52. The molecule has 13 heavy (non-hydrogen) atoms. The van der Waals surface area contributed by atoms with Crippen LogP contribution in [0.1, 0.15) is 27.2 Å². The predicted octanol–water partition coefficient (Wildman–Crippen LogP) is 0.161. The van der Waals surface area contributed by atoms with Crippen LogP contribution in [0.3, 0.4) is 0 Å². The molecule has 4 heteroatoms. The quantitative estimate of drug-likeness (QED) is 0.665. The van der Waals surface area contributed by atoms with Gasteiger partial charge in [-0.1, -0.05) is 6.92 Å². The lowest BCUT2D eigenvalue weighted by Crippen LogP contribution is -2.44. The average Bonchev–Trinajstić information content (AvgIpc) is 2.01. The first kappa shape index (κ1) is 12.1. The highest BCUT2D eigenvalue weighted by molar-refractivity contribution is 5.87. The van der Waals surface area contributed by atoms with Gasteiger partial charge < -0.3 is 10.6 Å². The van der Waals surface area contributed by atoms with Crippen LogP contribution in [0.4, 0.5) is 0 Å². The van der Waals surface area contributed by atoms with E-state index in [9.17, 15) is 9.59 Å². The van der Waals surface area contributed by atoms with E-state index < -0.39 is 6.04 Å². The van der Waals surface area contributed by atoms with Gasteiger partial charge in [-0.05, 0) is 20.3 Å². The minimum Gasteiger partial charge on any atom is -0.334 e. The number of rotatable bonds is 5. The third-order valence-corrected chi connectivity index (χ3v) is 1.61. The van der Waals surface area contributed by atoms with Crippen LogP contribution < -0.4 is 5.73 Å². The summed E-state index contributed by atoms with van der Waals surface area (Å²) in [5.41, 5.74) is 5.44. The number of ketones is 1. The van der Waals surface area contributed by atoms with Gasteiger partial charge in [0.2, 0.25) is 5.91 Å². The summed E-state index contributed by atoms with van der Waals surface area (Å²) >= 11 is 0. The Morgan fingerprint density at radius 3 is 2.31 bits per heavy atom. The molecule has 1 atom stereocenters. The summed E-state index contributed by atoms with van der Waals surface area (Å²) < 4.78 is 0. The fraction of sp³-hybridized carbons (Fsp3) is 0.778. The zero-order chi connectivity index (χ0) is 10.4. The minimum atomic E-state index is -0.522. The molecule has 4 nitrogen and oxygen atoms in total. The molecule has 0 aliphatic rings. The average molecular weight is 186 g/mol. The van der Waals surface area contributed by atoms with Crippen molar-refractivity contribution in [1.82, 2.24) is 4.90 Å². The smallest absolute Gasteiger partial charge is 0.239 e. The number of amides is 1. The minimum absolute atomic E-state index is 0.0116. The van der Waals surface area contributed by atoms with E-state index >= 15 is 0 Å². The van der Waals surface area contributed by atoms with Gasteiger partial charge in [0.05, 0.1) is 12.6 Å². The van der Waals surface area contributed by atoms with E-state index in [0.717, 1.165) is 6.42 Å². The fourth-order valence-electron chi connectivity index (χ4n) is 1.09. The molecule has 1 amide bonds. The fourth-order valence-corrected chi connectivity index (χ4v) is 1.09. The van der Waals surface area contributed by atoms with Crippen LogP contribution in [-0.4, -0.2) is 35.7 Å². The maximum absolute atomic E-state index is 11.4. The van der Waals surface area contributed by atoms with Crippen LogP contribution in [0.2, 0.25) is 0 Å². The molecule has 0 fully saturated rings. The summed E-state index contributed by atoms with van der Waals surface area (Å²) in [6.45, 7) is 5.83. The Balaban J connectivity index is 4.23. The highest BCUT2D eigenvalue weighted by Gasteiger charge is 2.17. The van der Waals surface area contributed by atoms with Gasteiger partial charge in [0.15, 0.2) is 0 Å². The van der Waals surface area contributed by atoms with Gasteiger partial charge in [0.1, 0.15) is 5.78 Å². The molecule has 0 radical (unpaired) electrons. The Morgan fingerprint density at radius 1 is 1.46 bits per heavy atom. The van der Waals surface area contributed by atoms with E-state index in [0.29, 0.717) is 6.54 Å². The Labute approximate surface area is 79.1 Å². The molecule has 0 saturated carbocycles. The number of hydrogen-bond donors (Lipinski definition) is 1. The third kappa shape index (κ3) is 4.62. The van der Waals surface area contributed by atoms with Crippen molar-refractivity contribution in [2.24, 2.45) is 5.73 Å². The Bertz CT molecular complexity index is 190. The highest BCUT2D eigenvalue weighted by atomic mass is 16.2. The lowest BCUT2D eigenvalue weighted by Gasteiger charge is -2.22. The van der Waals surface area contributed by atoms with Crippen molar-refractivity contribution in [3.63, 3.8) is 0 Å². The lowest BCUT2D eigenvalue weighted by molar-refractivity contribution is -0.135. The van der Waals surface area contributed by atoms with E-state index in [1.165, 1.54) is 11.8 Å². The summed E-state index contributed by atoms with van der Waals surface area (Å²) in [4.78, 5) is 23.7. The number of nitrogens with zero attached hydrogens (tertiary/aromatic N) is 1. The van der Waals surface area contributed by atoms with Crippen LogP contribution in [-0.2, 0) is 9.59 Å². The topological polar surface area (TPSA) is 63.4 Å². The number of carbonyl (C=O) groups excluding carboxylic acids is 2. The molecule has 0 spiro atoms. The summed E-state index contributed by atoms with van der Waals surface area (Å²) in [5, 5.41) is 0. The normalized spacial score (nSPS) is 12.3. The van der Waals surface area contributed by atoms with Crippen LogP contribution >= 0.6 is 0 Å². The summed E-state index contributed by atoms with van der Waals surface area (Å²) in [5.74, 6) is -0.167. The SMILES string of the molecule is CCCN(CC(C)=O)C(=O)C(C)N. The zero-order valence-electron chi connectivity index (χ0n) is 8.54. The second-order valence-corrected chi connectivity index (χ2v) is 3.25. The van der Waals surface area contributed by atoms with Gasteiger partial charge in [-0.2, -0.15) is 0 Å². The van der Waals surface area contributed by atoms with E-state index in [1.54, 1.807) is 6.92 Å². The number of carbonyl (C=O) groups is 2. The molecule has 1 unspecified atom stereocenters. The second-order valence-electron chi connectivity index (χ2n) is 3.25. The maximum atomic E-state index is 11.4. The van der Waals surface area contributed by atoms with Crippen LogP contribution in [0.25, 0.3) is 0 Å². The molecule has 0 aliphatic carbocycles. The molecule has 0 rings (SSSR count). The molecular formula is C9H18N2O2. The lowest BCUT2D eigenvalue weighted by atomic mass is 10.2. The van der Waals surface area contributed by atoms with Gasteiger partial charge >= 0.3 is 0 Å². The van der Waals surface area contributed by atoms with Crippen molar-refractivity contribution in [2.45, 2.75) is 33.2 Å². The Hall–Kier alpha value is -0.900. The van der Waals surface area contributed by atoms with Gasteiger partial charge in [0, 0.05) is 6.54 Å². The van der Waals surface area contributed by atoms with Crippen LogP contribution in [0.15, 0.2) is 0 Å². The van der Waals surface area contributed by atoms with Crippen LogP contribution in [0, 0.1) is 0 Å². The number of Topliss-reactive ketones (excluding diaryl/α,β-unsaturated/α-hetero) is 1. The molecule has 0 heterocycles. The molecule has 0 aromatic carbocycles. The van der Waals surface area contributed by atoms with Gasteiger partial charge in [0.25, 0.3) is 0 Å². The molecule has 0 aliphatic heterocycles. The molecule has 2 N–H and O–H groups in total. The van der Waals surface area contributed by atoms with Crippen molar-refractivity contribution < 1.29 is 9.59 Å². The molecule has 0 aromatic rings. The first-order chi connectivity index (χ1) is 5.99. The largest absolute Gasteiger partial charge is 0.334 e. The van der Waals surface area contributed by atoms with Crippen LogP contribution in [0.5, 0.6) is 0 Å². The monoisotopic (exact) mass is 186 g/mol. The van der Waals surface area contributed by atoms with Crippen molar-refractivity contribution in [3.8, 4) is 0 Å². The highest BCUT2D eigenvalue weighted by Crippen LogP contribution is 1.95. The molecule has 0 bridgehead atoms. The summed E-state index contributed by atoms with van der Waals surface area (Å²) in [6.07, 6.45) is 0.839. The number of hydrogen-bond acceptors (Lipinski definition) is 3. The summed E-state index contributed by atoms with van der Waals surface area (Å²) in [7, 11) is 0. The zero-order valence-corrected chi connectivity index (χ0v) is 8.54. The standard InChI is InChI=1S/C9H18N2O2/c1-4-5-11(6-7(2)12)9(13)8(3)10/h8H,4-6,10H2,1-3H3. The maximum Gasteiger partial charge on any atom is 0.239 e. The molecule has 0 aromatic heterocycles. The van der Waals surface area contributed by atoms with Crippen molar-refractivity contribution in [3.05, 3.63) is 0 Å². The predicted molar refractivity (Wildman–Crippen MR) is 51.2 cm³/mol. The molecule has 76 valence electrons. The van der Waals surface area contributed by atoms with E-state index in [4.69, 9.17) is 5.73 Å². The number of nitrogens with two attached hydrogens (primary N) is 1. The van der Waals surface area contributed by atoms with Gasteiger partial charge in [-0.25, -0.2) is 0 Å². The summed E-state index contributed by atoms with van der Waals surface area (Å²) in [6, 6.07) is -0.522. The van der Waals surface area contributed by atoms with E-state index in [1.807, 2.05) is 6.92 Å². The molecular weight excluding hydrogens is 168 g/mol. The second kappa shape index (κ2) is 5.70. The third-order valence-electron chi connectivity index (χ3n) is 1.61.